The van der Waals surface area contributed by atoms with Crippen LogP contribution in [0.5, 0.6) is 0 Å². The fraction of sp³-hybridized carbons (Fsp3) is 0.294. The standard InChI is InChI=1S/C17H19N/c1-13(14-7-3-2-4-8-14)18-17-12-11-15-9-5-6-10-16(15)17/h2-10,13,17-18H,11-12H2,1H3/t13-,17?/m0/s1. The summed E-state index contributed by atoms with van der Waals surface area (Å²) in [7, 11) is 0. The number of benzene rings is 2. The molecule has 0 radical (unpaired) electrons. The van der Waals surface area contributed by atoms with Crippen LogP contribution in [-0.4, -0.2) is 0 Å². The molecule has 0 heterocycles. The van der Waals surface area contributed by atoms with Crippen LogP contribution in [0.2, 0.25) is 0 Å². The average Bonchev–Trinajstić information content (AvgIpc) is 2.83. The van der Waals surface area contributed by atoms with Gasteiger partial charge in [0.05, 0.1) is 0 Å². The molecular weight excluding hydrogens is 218 g/mol. The predicted octanol–water partition coefficient (Wildman–Crippen LogP) is 4.02. The Morgan fingerprint density at radius 3 is 2.56 bits per heavy atom. The van der Waals surface area contributed by atoms with Gasteiger partial charge >= 0.3 is 0 Å². The van der Waals surface area contributed by atoms with Gasteiger partial charge in [0.15, 0.2) is 0 Å². The number of rotatable bonds is 3. The monoisotopic (exact) mass is 237 g/mol. The average molecular weight is 237 g/mol. The Kier molecular flexibility index (Phi) is 3.16. The van der Waals surface area contributed by atoms with Crippen LogP contribution in [0, 0.1) is 0 Å². The minimum absolute atomic E-state index is 0.405. The molecule has 3 rings (SSSR count). The lowest BCUT2D eigenvalue weighted by Crippen LogP contribution is -2.22. The molecule has 0 amide bonds. The number of hydrogen-bond donors (Lipinski definition) is 1. The van der Waals surface area contributed by atoms with Crippen molar-refractivity contribution in [2.45, 2.75) is 31.8 Å². The lowest BCUT2D eigenvalue weighted by Gasteiger charge is -2.20. The summed E-state index contributed by atoms with van der Waals surface area (Å²) in [6.45, 7) is 2.25. The second-order valence-electron chi connectivity index (χ2n) is 5.09. The molecule has 2 aromatic rings. The van der Waals surface area contributed by atoms with Gasteiger partial charge in [-0.15, -0.1) is 0 Å². The van der Waals surface area contributed by atoms with Gasteiger partial charge in [0.1, 0.15) is 0 Å². The molecule has 1 unspecified atom stereocenters. The molecule has 18 heavy (non-hydrogen) atoms. The maximum absolute atomic E-state index is 3.75. The van der Waals surface area contributed by atoms with Crippen LogP contribution in [0.1, 0.15) is 42.1 Å². The molecule has 1 N–H and O–H groups in total. The Morgan fingerprint density at radius 1 is 1.00 bits per heavy atom. The second kappa shape index (κ2) is 4.95. The van der Waals surface area contributed by atoms with Gasteiger partial charge in [-0.2, -0.15) is 0 Å². The first-order valence-corrected chi connectivity index (χ1v) is 6.73. The maximum atomic E-state index is 3.75. The van der Waals surface area contributed by atoms with E-state index in [0.29, 0.717) is 12.1 Å². The Labute approximate surface area is 109 Å². The molecule has 2 aromatic carbocycles. The van der Waals surface area contributed by atoms with Gasteiger partial charge < -0.3 is 5.32 Å². The first kappa shape index (κ1) is 11.5. The van der Waals surface area contributed by atoms with Crippen LogP contribution in [0.4, 0.5) is 0 Å². The summed E-state index contributed by atoms with van der Waals surface area (Å²) in [6.07, 6.45) is 2.42. The van der Waals surface area contributed by atoms with Gasteiger partial charge in [-0.05, 0) is 36.5 Å². The van der Waals surface area contributed by atoms with Crippen molar-refractivity contribution < 1.29 is 0 Å². The molecule has 1 heteroatoms. The Morgan fingerprint density at radius 2 is 1.72 bits per heavy atom. The highest BCUT2D eigenvalue weighted by Gasteiger charge is 2.23. The summed E-state index contributed by atoms with van der Waals surface area (Å²) < 4.78 is 0. The molecule has 0 saturated heterocycles. The molecule has 92 valence electrons. The fourth-order valence-corrected chi connectivity index (χ4v) is 2.87. The van der Waals surface area contributed by atoms with E-state index < -0.39 is 0 Å². The van der Waals surface area contributed by atoms with E-state index in [-0.39, 0.29) is 0 Å². The van der Waals surface area contributed by atoms with Crippen molar-refractivity contribution in [1.82, 2.24) is 5.32 Å². The van der Waals surface area contributed by atoms with Crippen LogP contribution in [0.3, 0.4) is 0 Å². The highest BCUT2D eigenvalue weighted by molar-refractivity contribution is 5.34. The molecular formula is C17H19N. The largest absolute Gasteiger partial charge is 0.303 e. The Balaban J connectivity index is 1.75. The highest BCUT2D eigenvalue weighted by atomic mass is 14.9. The summed E-state index contributed by atoms with van der Waals surface area (Å²) in [5, 5.41) is 3.75. The number of hydrogen-bond acceptors (Lipinski definition) is 1. The van der Waals surface area contributed by atoms with Crippen LogP contribution >= 0.6 is 0 Å². The lowest BCUT2D eigenvalue weighted by atomic mass is 10.0. The summed E-state index contributed by atoms with van der Waals surface area (Å²) in [5.74, 6) is 0. The molecule has 1 aliphatic rings. The second-order valence-corrected chi connectivity index (χ2v) is 5.09. The zero-order valence-electron chi connectivity index (χ0n) is 10.8. The fourth-order valence-electron chi connectivity index (χ4n) is 2.87. The van der Waals surface area contributed by atoms with Crippen LogP contribution in [0.25, 0.3) is 0 Å². The maximum Gasteiger partial charge on any atom is 0.0331 e. The van der Waals surface area contributed by atoms with Crippen molar-refractivity contribution in [3.8, 4) is 0 Å². The van der Waals surface area contributed by atoms with Gasteiger partial charge in [-0.1, -0.05) is 54.6 Å². The molecule has 0 saturated carbocycles. The summed E-state index contributed by atoms with van der Waals surface area (Å²) in [4.78, 5) is 0. The summed E-state index contributed by atoms with van der Waals surface area (Å²) in [6, 6.07) is 20.4. The third-order valence-electron chi connectivity index (χ3n) is 3.88. The molecule has 0 aromatic heterocycles. The predicted molar refractivity (Wildman–Crippen MR) is 75.5 cm³/mol. The van der Waals surface area contributed by atoms with Gasteiger partial charge in [-0.25, -0.2) is 0 Å². The van der Waals surface area contributed by atoms with Gasteiger partial charge in [0, 0.05) is 12.1 Å². The van der Waals surface area contributed by atoms with E-state index in [2.05, 4.69) is 66.8 Å². The zero-order valence-corrected chi connectivity index (χ0v) is 10.8. The minimum atomic E-state index is 0.405. The molecule has 1 aliphatic carbocycles. The minimum Gasteiger partial charge on any atom is -0.303 e. The Bertz CT molecular complexity index is 518. The Hall–Kier alpha value is -1.60. The SMILES string of the molecule is C[C@H](NC1CCc2ccccc21)c1ccccc1. The van der Waals surface area contributed by atoms with Crippen LogP contribution in [-0.2, 0) is 6.42 Å². The smallest absolute Gasteiger partial charge is 0.0331 e. The summed E-state index contributed by atoms with van der Waals surface area (Å²) >= 11 is 0. The van der Waals surface area contributed by atoms with Crippen molar-refractivity contribution in [2.24, 2.45) is 0 Å². The molecule has 2 atom stereocenters. The van der Waals surface area contributed by atoms with E-state index in [1.54, 1.807) is 0 Å². The topological polar surface area (TPSA) is 12.0 Å². The van der Waals surface area contributed by atoms with Crippen molar-refractivity contribution >= 4 is 0 Å². The van der Waals surface area contributed by atoms with Crippen molar-refractivity contribution in [3.63, 3.8) is 0 Å². The summed E-state index contributed by atoms with van der Waals surface area (Å²) in [5.41, 5.74) is 4.36. The van der Waals surface area contributed by atoms with Crippen LogP contribution < -0.4 is 5.32 Å². The van der Waals surface area contributed by atoms with Gasteiger partial charge in [-0.3, -0.25) is 0 Å². The van der Waals surface area contributed by atoms with E-state index in [1.165, 1.54) is 29.5 Å². The first-order valence-electron chi connectivity index (χ1n) is 6.73. The number of nitrogens with one attached hydrogen (secondary N) is 1. The van der Waals surface area contributed by atoms with Crippen molar-refractivity contribution in [1.29, 1.82) is 0 Å². The number of fused-ring (bicyclic) bond motifs is 1. The van der Waals surface area contributed by atoms with Crippen molar-refractivity contribution in [3.05, 3.63) is 71.3 Å². The zero-order chi connectivity index (χ0) is 12.4. The quantitative estimate of drug-likeness (QED) is 0.850. The van der Waals surface area contributed by atoms with E-state index in [0.717, 1.165) is 0 Å². The lowest BCUT2D eigenvalue weighted by molar-refractivity contribution is 0.465. The molecule has 0 spiro atoms. The molecule has 0 bridgehead atoms. The highest BCUT2D eigenvalue weighted by Crippen LogP contribution is 2.32. The van der Waals surface area contributed by atoms with E-state index in [4.69, 9.17) is 0 Å². The third-order valence-corrected chi connectivity index (χ3v) is 3.88. The molecule has 0 fully saturated rings. The van der Waals surface area contributed by atoms with Crippen molar-refractivity contribution in [2.75, 3.05) is 0 Å². The van der Waals surface area contributed by atoms with Crippen LogP contribution in [0.15, 0.2) is 54.6 Å². The van der Waals surface area contributed by atoms with Gasteiger partial charge in [0.25, 0.3) is 0 Å². The molecule has 0 aliphatic heterocycles. The first-order chi connectivity index (χ1) is 8.84. The third kappa shape index (κ3) is 2.19. The van der Waals surface area contributed by atoms with E-state index in [9.17, 15) is 0 Å². The van der Waals surface area contributed by atoms with Gasteiger partial charge in [0.2, 0.25) is 0 Å². The van der Waals surface area contributed by atoms with E-state index >= 15 is 0 Å². The molecule has 1 nitrogen and oxygen atoms in total. The van der Waals surface area contributed by atoms with E-state index in [1.807, 2.05) is 0 Å². The normalized spacial score (nSPS) is 19.5. The number of aryl methyl sites for hydroxylation is 1.